The molecule has 13 heteroatoms. The first-order valence-corrected chi connectivity index (χ1v) is 9.46. The largest absolute Gasteiger partial charge is 0.481 e. The third-order valence-corrected chi connectivity index (χ3v) is 4.26. The number of carbonyl (C=O) groups is 5. The molecule has 13 nitrogen and oxygen atoms in total. The maximum atomic E-state index is 12.5. The molecule has 4 atom stereocenters. The van der Waals surface area contributed by atoms with E-state index in [4.69, 9.17) is 21.1 Å². The van der Waals surface area contributed by atoms with E-state index in [2.05, 4.69) is 5.32 Å². The molecule has 0 heterocycles. The first kappa shape index (κ1) is 26.5. The molecule has 1 rings (SSSR count). The van der Waals surface area contributed by atoms with Crippen molar-refractivity contribution in [3.63, 3.8) is 0 Å². The molecule has 0 radical (unpaired) electrons. The van der Waals surface area contributed by atoms with Gasteiger partial charge in [0.1, 0.15) is 18.1 Å². The van der Waals surface area contributed by atoms with Crippen molar-refractivity contribution in [3.05, 3.63) is 35.9 Å². The van der Waals surface area contributed by atoms with Crippen LogP contribution in [0.15, 0.2) is 30.3 Å². The molecule has 32 heavy (non-hydrogen) atoms. The van der Waals surface area contributed by atoms with Crippen molar-refractivity contribution in [3.8, 4) is 0 Å². The third kappa shape index (κ3) is 8.67. The minimum atomic E-state index is -1.68. The average molecular weight is 454 g/mol. The van der Waals surface area contributed by atoms with Gasteiger partial charge in [-0.15, -0.1) is 0 Å². The van der Waals surface area contributed by atoms with Crippen molar-refractivity contribution in [2.24, 2.45) is 5.73 Å². The Morgan fingerprint density at radius 1 is 0.781 bits per heavy atom. The van der Waals surface area contributed by atoms with E-state index < -0.39 is 73.5 Å². The van der Waals surface area contributed by atoms with Crippen LogP contribution in [-0.2, 0) is 30.4 Å². The second-order valence-corrected chi connectivity index (χ2v) is 6.78. The highest BCUT2D eigenvalue weighted by molar-refractivity contribution is 5.95. The lowest BCUT2D eigenvalue weighted by Gasteiger charge is -2.23. The minimum absolute atomic E-state index is 0.119. The van der Waals surface area contributed by atoms with E-state index in [1.165, 1.54) is 0 Å². The monoisotopic (exact) mass is 454 g/mol. The van der Waals surface area contributed by atoms with Gasteiger partial charge in [-0.05, 0) is 12.0 Å². The Bertz CT molecular complexity index is 818. The summed E-state index contributed by atoms with van der Waals surface area (Å²) < 4.78 is 0. The number of rotatable bonds is 13. The fourth-order valence-electron chi connectivity index (χ4n) is 2.55. The highest BCUT2D eigenvalue weighted by atomic mass is 16.4. The van der Waals surface area contributed by atoms with Gasteiger partial charge in [-0.3, -0.25) is 19.2 Å². The lowest BCUT2D eigenvalue weighted by atomic mass is 10.1. The summed E-state index contributed by atoms with van der Waals surface area (Å²) in [6.07, 6.45) is -0.725. The van der Waals surface area contributed by atoms with E-state index in [1.807, 2.05) is 10.6 Å². The average Bonchev–Trinajstić information content (AvgIpc) is 2.74. The van der Waals surface area contributed by atoms with Gasteiger partial charge < -0.3 is 42.1 Å². The van der Waals surface area contributed by atoms with Gasteiger partial charge in [0.2, 0.25) is 17.7 Å². The Morgan fingerprint density at radius 2 is 1.28 bits per heavy atom. The van der Waals surface area contributed by atoms with Crippen LogP contribution in [0.3, 0.4) is 0 Å². The van der Waals surface area contributed by atoms with Crippen LogP contribution in [0.2, 0.25) is 0 Å². The van der Waals surface area contributed by atoms with E-state index >= 15 is 0 Å². The normalized spacial score (nSPS) is 14.3. The number of benzene rings is 1. The molecule has 1 aromatic rings. The van der Waals surface area contributed by atoms with Crippen LogP contribution in [0.4, 0.5) is 0 Å². The van der Waals surface area contributed by atoms with Gasteiger partial charge in [0.25, 0.3) is 0 Å². The zero-order valence-corrected chi connectivity index (χ0v) is 16.9. The number of amides is 3. The summed E-state index contributed by atoms with van der Waals surface area (Å²) in [7, 11) is 0. The van der Waals surface area contributed by atoms with Crippen LogP contribution in [-0.4, -0.2) is 87.5 Å². The van der Waals surface area contributed by atoms with Crippen LogP contribution in [0.1, 0.15) is 12.0 Å². The van der Waals surface area contributed by atoms with Crippen LogP contribution in [0.25, 0.3) is 0 Å². The lowest BCUT2D eigenvalue weighted by Crippen LogP contribution is -2.58. The predicted molar refractivity (Wildman–Crippen MR) is 108 cm³/mol. The number of aliphatic hydroxyl groups is 2. The van der Waals surface area contributed by atoms with E-state index in [0.29, 0.717) is 0 Å². The molecule has 0 spiro atoms. The molecule has 176 valence electrons. The van der Waals surface area contributed by atoms with Gasteiger partial charge in [-0.25, -0.2) is 4.79 Å². The van der Waals surface area contributed by atoms with Crippen molar-refractivity contribution < 1.29 is 44.4 Å². The Balaban J connectivity index is 2.82. The second-order valence-electron chi connectivity index (χ2n) is 6.78. The van der Waals surface area contributed by atoms with Crippen LogP contribution in [0, 0.1) is 0 Å². The van der Waals surface area contributed by atoms with Crippen molar-refractivity contribution in [2.45, 2.75) is 37.0 Å². The number of aliphatic carboxylic acids is 2. The topological polar surface area (TPSA) is 228 Å². The van der Waals surface area contributed by atoms with E-state index in [0.717, 1.165) is 5.56 Å². The number of carboxylic acids is 2. The van der Waals surface area contributed by atoms with Gasteiger partial charge in [0.05, 0.1) is 25.7 Å². The summed E-state index contributed by atoms with van der Waals surface area (Å²) in [5.41, 5.74) is 6.57. The van der Waals surface area contributed by atoms with Crippen molar-refractivity contribution in [2.75, 3.05) is 13.2 Å². The van der Waals surface area contributed by atoms with E-state index in [1.54, 1.807) is 30.3 Å². The first-order valence-electron chi connectivity index (χ1n) is 9.46. The number of carbonyl (C=O) groups excluding carboxylic acids is 3. The maximum Gasteiger partial charge on any atom is 0.328 e. The molecule has 0 fully saturated rings. The molecule has 9 N–H and O–H groups in total. The Kier molecular flexibility index (Phi) is 10.8. The van der Waals surface area contributed by atoms with E-state index in [-0.39, 0.29) is 6.42 Å². The molecular weight excluding hydrogens is 428 g/mol. The summed E-state index contributed by atoms with van der Waals surface area (Å²) in [5, 5.41) is 42.4. The molecule has 4 unspecified atom stereocenters. The van der Waals surface area contributed by atoms with Gasteiger partial charge in [-0.1, -0.05) is 30.3 Å². The van der Waals surface area contributed by atoms with E-state index in [9.17, 15) is 29.1 Å². The van der Waals surface area contributed by atoms with Crippen molar-refractivity contribution in [1.29, 1.82) is 0 Å². The Morgan fingerprint density at radius 3 is 1.78 bits per heavy atom. The number of nitrogens with one attached hydrogen (secondary N) is 3. The molecule has 0 aromatic heterocycles. The standard InChI is InChI=1S/C19H26N4O9/c20-11(6-10-4-2-1-3-5-10)16(28)21-12(7-15(26)27)17(29)22-13(8-24)18(30)23-14(9-25)19(31)32/h1-5,11-14,24-25H,6-9,20H2,(H,21,28)(H,22,29)(H,23,30)(H,26,27)(H,31,32). The molecule has 1 aromatic carbocycles. The van der Waals surface area contributed by atoms with Gasteiger partial charge >= 0.3 is 11.9 Å². The number of aliphatic hydroxyl groups excluding tert-OH is 2. The van der Waals surface area contributed by atoms with Gasteiger partial charge in [-0.2, -0.15) is 0 Å². The zero-order valence-electron chi connectivity index (χ0n) is 16.9. The van der Waals surface area contributed by atoms with Crippen molar-refractivity contribution >= 4 is 29.7 Å². The molecule has 0 aliphatic heterocycles. The van der Waals surface area contributed by atoms with Crippen LogP contribution >= 0.6 is 0 Å². The number of carboxylic acid groups (broad SMARTS) is 2. The van der Waals surface area contributed by atoms with Gasteiger partial charge in [0, 0.05) is 0 Å². The molecular formula is C19H26N4O9. The highest BCUT2D eigenvalue weighted by Crippen LogP contribution is 2.03. The van der Waals surface area contributed by atoms with Crippen LogP contribution in [0.5, 0.6) is 0 Å². The summed E-state index contributed by atoms with van der Waals surface area (Å²) >= 11 is 0. The summed E-state index contributed by atoms with van der Waals surface area (Å²) in [6, 6.07) is 2.65. The second kappa shape index (κ2) is 13.0. The Hall–Kier alpha value is -3.55. The molecule has 0 aliphatic rings. The van der Waals surface area contributed by atoms with Crippen molar-refractivity contribution in [1.82, 2.24) is 16.0 Å². The molecule has 3 amide bonds. The molecule has 0 bridgehead atoms. The fourth-order valence-corrected chi connectivity index (χ4v) is 2.55. The minimum Gasteiger partial charge on any atom is -0.481 e. The van der Waals surface area contributed by atoms with Crippen LogP contribution < -0.4 is 21.7 Å². The number of nitrogens with two attached hydrogens (primary N) is 1. The number of hydrogen-bond donors (Lipinski definition) is 8. The SMILES string of the molecule is NC(Cc1ccccc1)C(=O)NC(CC(=O)O)C(=O)NC(CO)C(=O)NC(CO)C(=O)O. The smallest absolute Gasteiger partial charge is 0.328 e. The van der Waals surface area contributed by atoms with Gasteiger partial charge in [0.15, 0.2) is 0 Å². The fraction of sp³-hybridized carbons (Fsp3) is 0.421. The summed E-state index contributed by atoms with van der Waals surface area (Å²) in [5.74, 6) is -6.04. The zero-order chi connectivity index (χ0) is 24.3. The number of hydrogen-bond acceptors (Lipinski definition) is 8. The molecule has 0 saturated carbocycles. The Labute approximate surface area is 182 Å². The summed E-state index contributed by atoms with van der Waals surface area (Å²) in [4.78, 5) is 58.9. The lowest BCUT2D eigenvalue weighted by molar-refractivity contribution is -0.144. The quantitative estimate of drug-likeness (QED) is 0.147. The molecule has 0 saturated heterocycles. The first-order chi connectivity index (χ1) is 15.1. The summed E-state index contributed by atoms with van der Waals surface area (Å²) in [6.45, 7) is -1.90. The third-order valence-electron chi connectivity index (χ3n) is 4.26. The molecule has 0 aliphatic carbocycles. The maximum absolute atomic E-state index is 12.5. The highest BCUT2D eigenvalue weighted by Gasteiger charge is 2.31. The predicted octanol–water partition coefficient (Wildman–Crippen LogP) is -3.45.